The number of sulfone groups is 1. The van der Waals surface area contributed by atoms with Crippen LogP contribution in [-0.4, -0.2) is 33.7 Å². The van der Waals surface area contributed by atoms with Crippen LogP contribution in [0.25, 0.3) is 0 Å². The van der Waals surface area contributed by atoms with Crippen molar-refractivity contribution in [3.05, 3.63) is 59.7 Å². The summed E-state index contributed by atoms with van der Waals surface area (Å²) in [5.41, 5.74) is 2.65. The molecule has 1 aliphatic heterocycles. The minimum Gasteiger partial charge on any atom is -0.372 e. The first kappa shape index (κ1) is 19.4. The quantitative estimate of drug-likeness (QED) is 0.853. The maximum atomic E-state index is 12.5. The third-order valence-electron chi connectivity index (χ3n) is 5.01. The average molecular weight is 387 g/mol. The molecule has 0 aromatic heterocycles. The van der Waals surface area contributed by atoms with Crippen molar-refractivity contribution in [3.63, 3.8) is 0 Å². The second-order valence-corrected chi connectivity index (χ2v) is 9.15. The Labute approximate surface area is 161 Å². The normalized spacial score (nSPS) is 16.0. The molecule has 2 aromatic rings. The van der Waals surface area contributed by atoms with Gasteiger partial charge in [-0.05, 0) is 68.1 Å². The van der Waals surface area contributed by atoms with Crippen LogP contribution in [0.4, 0.5) is 5.69 Å². The van der Waals surface area contributed by atoms with Crippen molar-refractivity contribution in [1.29, 1.82) is 0 Å². The number of nitrogens with one attached hydrogen (secondary N) is 1. The molecule has 1 fully saturated rings. The largest absolute Gasteiger partial charge is 0.372 e. The number of hydrogen-bond donors (Lipinski definition) is 1. The number of carbonyl (C=O) groups is 1. The summed E-state index contributed by atoms with van der Waals surface area (Å²) in [5, 5.41) is 2.97. The van der Waals surface area contributed by atoms with Crippen LogP contribution in [0.3, 0.4) is 0 Å². The number of piperidine rings is 1. The van der Waals surface area contributed by atoms with Crippen molar-refractivity contribution < 1.29 is 13.2 Å². The van der Waals surface area contributed by atoms with Crippen molar-refractivity contribution in [2.24, 2.45) is 0 Å². The van der Waals surface area contributed by atoms with E-state index in [4.69, 9.17) is 0 Å². The lowest BCUT2D eigenvalue weighted by Crippen LogP contribution is -2.29. The zero-order valence-electron chi connectivity index (χ0n) is 15.8. The highest BCUT2D eigenvalue weighted by Crippen LogP contribution is 2.21. The summed E-state index contributed by atoms with van der Waals surface area (Å²) in [6, 6.07) is 14.1. The van der Waals surface area contributed by atoms with Gasteiger partial charge < -0.3 is 10.2 Å². The van der Waals surface area contributed by atoms with E-state index in [0.717, 1.165) is 24.3 Å². The number of rotatable bonds is 5. The van der Waals surface area contributed by atoms with Gasteiger partial charge in [-0.25, -0.2) is 8.42 Å². The molecule has 1 N–H and O–H groups in total. The SMILES string of the molecule is CC(NC(=O)c1ccc(N2CCCCC2)cc1)c1ccc(S(C)(=O)=O)cc1. The predicted octanol–water partition coefficient (Wildman–Crippen LogP) is 3.57. The number of hydrogen-bond acceptors (Lipinski definition) is 4. The van der Waals surface area contributed by atoms with Gasteiger partial charge >= 0.3 is 0 Å². The Kier molecular flexibility index (Phi) is 5.85. The third-order valence-corrected chi connectivity index (χ3v) is 6.14. The molecule has 6 heteroatoms. The zero-order chi connectivity index (χ0) is 19.4. The van der Waals surface area contributed by atoms with E-state index >= 15 is 0 Å². The first-order valence-corrected chi connectivity index (χ1v) is 11.2. The fraction of sp³-hybridized carbons (Fsp3) is 0.381. The topological polar surface area (TPSA) is 66.5 Å². The first-order chi connectivity index (χ1) is 12.8. The molecule has 0 radical (unpaired) electrons. The molecular weight excluding hydrogens is 360 g/mol. The Morgan fingerprint density at radius 1 is 0.963 bits per heavy atom. The number of benzene rings is 2. The highest BCUT2D eigenvalue weighted by molar-refractivity contribution is 7.90. The molecule has 2 aromatic carbocycles. The summed E-state index contributed by atoms with van der Waals surface area (Å²) in [6.45, 7) is 4.04. The lowest BCUT2D eigenvalue weighted by Gasteiger charge is -2.28. The molecule has 144 valence electrons. The lowest BCUT2D eigenvalue weighted by atomic mass is 10.1. The fourth-order valence-corrected chi connectivity index (χ4v) is 3.97. The average Bonchev–Trinajstić information content (AvgIpc) is 2.68. The molecule has 27 heavy (non-hydrogen) atoms. The number of amides is 1. The summed E-state index contributed by atoms with van der Waals surface area (Å²) < 4.78 is 23.1. The van der Waals surface area contributed by atoms with Crippen molar-refractivity contribution in [1.82, 2.24) is 5.32 Å². The van der Waals surface area contributed by atoms with Crippen LogP contribution in [0.2, 0.25) is 0 Å². The predicted molar refractivity (Wildman–Crippen MR) is 108 cm³/mol. The summed E-state index contributed by atoms with van der Waals surface area (Å²) in [5.74, 6) is -0.139. The molecule has 1 saturated heterocycles. The number of anilines is 1. The van der Waals surface area contributed by atoms with Gasteiger partial charge in [0.15, 0.2) is 9.84 Å². The van der Waals surface area contributed by atoms with Crippen molar-refractivity contribution in [2.75, 3.05) is 24.2 Å². The maximum absolute atomic E-state index is 12.5. The number of carbonyl (C=O) groups excluding carboxylic acids is 1. The first-order valence-electron chi connectivity index (χ1n) is 9.30. The lowest BCUT2D eigenvalue weighted by molar-refractivity contribution is 0.0940. The van der Waals surface area contributed by atoms with Gasteiger partial charge in [0, 0.05) is 30.6 Å². The standard InChI is InChI=1S/C21H26N2O3S/c1-16(17-8-12-20(13-9-17)27(2,25)26)22-21(24)18-6-10-19(11-7-18)23-14-4-3-5-15-23/h6-13,16H,3-5,14-15H2,1-2H3,(H,22,24). The smallest absolute Gasteiger partial charge is 0.251 e. The highest BCUT2D eigenvalue weighted by atomic mass is 32.2. The maximum Gasteiger partial charge on any atom is 0.251 e. The van der Waals surface area contributed by atoms with Gasteiger partial charge in [-0.15, -0.1) is 0 Å². The summed E-state index contributed by atoms with van der Waals surface area (Å²) in [4.78, 5) is 15.2. The van der Waals surface area contributed by atoms with E-state index in [9.17, 15) is 13.2 Å². The van der Waals surface area contributed by atoms with Crippen LogP contribution in [-0.2, 0) is 9.84 Å². The van der Waals surface area contributed by atoms with E-state index in [1.807, 2.05) is 31.2 Å². The Bertz CT molecular complexity index is 884. The Morgan fingerprint density at radius 2 is 1.56 bits per heavy atom. The summed E-state index contributed by atoms with van der Waals surface area (Å²) in [6.07, 6.45) is 4.91. The van der Waals surface area contributed by atoms with E-state index in [0.29, 0.717) is 5.56 Å². The van der Waals surface area contributed by atoms with E-state index in [1.165, 1.54) is 25.5 Å². The minimum atomic E-state index is -3.22. The minimum absolute atomic E-state index is 0.139. The van der Waals surface area contributed by atoms with Crippen LogP contribution in [0, 0.1) is 0 Å². The Balaban J connectivity index is 1.64. The molecule has 0 spiro atoms. The van der Waals surface area contributed by atoms with Crippen LogP contribution < -0.4 is 10.2 Å². The molecule has 0 saturated carbocycles. The fourth-order valence-electron chi connectivity index (χ4n) is 3.34. The van der Waals surface area contributed by atoms with Gasteiger partial charge in [0.2, 0.25) is 0 Å². The van der Waals surface area contributed by atoms with Crippen molar-refractivity contribution in [3.8, 4) is 0 Å². The zero-order valence-corrected chi connectivity index (χ0v) is 16.6. The monoisotopic (exact) mass is 386 g/mol. The molecular formula is C21H26N2O3S. The van der Waals surface area contributed by atoms with Crippen molar-refractivity contribution in [2.45, 2.75) is 37.1 Å². The molecule has 1 amide bonds. The molecule has 1 heterocycles. The van der Waals surface area contributed by atoms with Gasteiger partial charge in [-0.1, -0.05) is 12.1 Å². The van der Waals surface area contributed by atoms with Crippen LogP contribution >= 0.6 is 0 Å². The van der Waals surface area contributed by atoms with E-state index in [-0.39, 0.29) is 16.8 Å². The summed E-state index contributed by atoms with van der Waals surface area (Å²) in [7, 11) is -3.22. The molecule has 0 aliphatic carbocycles. The molecule has 0 bridgehead atoms. The van der Waals surface area contributed by atoms with Gasteiger partial charge in [0.1, 0.15) is 0 Å². The third kappa shape index (κ3) is 4.89. The van der Waals surface area contributed by atoms with E-state index < -0.39 is 9.84 Å². The summed E-state index contributed by atoms with van der Waals surface area (Å²) >= 11 is 0. The van der Waals surface area contributed by atoms with E-state index in [1.54, 1.807) is 24.3 Å². The van der Waals surface area contributed by atoms with Gasteiger partial charge in [0.05, 0.1) is 10.9 Å². The molecule has 1 aliphatic rings. The van der Waals surface area contributed by atoms with Crippen LogP contribution in [0.5, 0.6) is 0 Å². The molecule has 1 atom stereocenters. The van der Waals surface area contributed by atoms with Gasteiger partial charge in [-0.3, -0.25) is 4.79 Å². The van der Waals surface area contributed by atoms with Crippen LogP contribution in [0.1, 0.15) is 48.1 Å². The Morgan fingerprint density at radius 3 is 2.11 bits per heavy atom. The molecule has 1 unspecified atom stereocenters. The van der Waals surface area contributed by atoms with Crippen LogP contribution in [0.15, 0.2) is 53.4 Å². The highest BCUT2D eigenvalue weighted by Gasteiger charge is 2.15. The number of nitrogens with zero attached hydrogens (tertiary/aromatic N) is 1. The molecule has 3 rings (SSSR count). The Hall–Kier alpha value is -2.34. The second kappa shape index (κ2) is 8.13. The molecule has 5 nitrogen and oxygen atoms in total. The van der Waals surface area contributed by atoms with E-state index in [2.05, 4.69) is 10.2 Å². The van der Waals surface area contributed by atoms with Gasteiger partial charge in [0.25, 0.3) is 5.91 Å². The van der Waals surface area contributed by atoms with Gasteiger partial charge in [-0.2, -0.15) is 0 Å². The second-order valence-electron chi connectivity index (χ2n) is 7.13. The van der Waals surface area contributed by atoms with Crippen molar-refractivity contribution >= 4 is 21.4 Å².